The number of nitrogens with zero attached hydrogens (tertiary/aromatic N) is 4. The average Bonchev–Trinajstić information content (AvgIpc) is 3.17. The van der Waals surface area contributed by atoms with Crippen molar-refractivity contribution in [3.63, 3.8) is 0 Å². The van der Waals surface area contributed by atoms with Crippen molar-refractivity contribution in [2.75, 3.05) is 26.9 Å². The molecule has 1 aromatic carbocycles. The number of rotatable bonds is 11. The Morgan fingerprint density at radius 1 is 1.18 bits per heavy atom. The number of ether oxygens (including phenoxy) is 2. The standard InChI is InChI=1S/C19H30N6O2.HI/c1-4-25-15-23-24-18(25)14-22-19(20-11-6-12-27-5-2)21-13-16-7-9-17(26-3)10-8-16;/h7-10,15H,4-6,11-14H2,1-3H3,(H2,20,21,22);1H. The van der Waals surface area contributed by atoms with Gasteiger partial charge in [0.2, 0.25) is 0 Å². The van der Waals surface area contributed by atoms with Crippen LogP contribution in [-0.2, 0) is 24.4 Å². The fourth-order valence-corrected chi connectivity index (χ4v) is 2.44. The summed E-state index contributed by atoms with van der Waals surface area (Å²) in [6, 6.07) is 7.92. The van der Waals surface area contributed by atoms with Crippen molar-refractivity contribution in [1.29, 1.82) is 0 Å². The smallest absolute Gasteiger partial charge is 0.191 e. The number of hydrogen-bond acceptors (Lipinski definition) is 5. The van der Waals surface area contributed by atoms with Gasteiger partial charge < -0.3 is 24.7 Å². The second-order valence-electron chi connectivity index (χ2n) is 5.88. The number of nitrogens with one attached hydrogen (secondary N) is 2. The summed E-state index contributed by atoms with van der Waals surface area (Å²) in [5, 5.41) is 14.8. The fourth-order valence-electron chi connectivity index (χ4n) is 2.44. The molecule has 9 heteroatoms. The molecule has 2 aromatic rings. The van der Waals surface area contributed by atoms with Gasteiger partial charge in [0.05, 0.1) is 20.2 Å². The van der Waals surface area contributed by atoms with Crippen molar-refractivity contribution in [3.8, 4) is 5.75 Å². The van der Waals surface area contributed by atoms with E-state index in [0.717, 1.165) is 55.8 Å². The summed E-state index contributed by atoms with van der Waals surface area (Å²) >= 11 is 0. The van der Waals surface area contributed by atoms with Gasteiger partial charge in [-0.05, 0) is 38.0 Å². The van der Waals surface area contributed by atoms with Gasteiger partial charge in [-0.1, -0.05) is 12.1 Å². The minimum atomic E-state index is 0. The van der Waals surface area contributed by atoms with Crippen LogP contribution >= 0.6 is 24.0 Å². The topological polar surface area (TPSA) is 85.6 Å². The molecule has 0 aliphatic heterocycles. The highest BCUT2D eigenvalue weighted by Crippen LogP contribution is 2.11. The third-order valence-electron chi connectivity index (χ3n) is 3.99. The van der Waals surface area contributed by atoms with E-state index in [2.05, 4.69) is 32.7 Å². The van der Waals surface area contributed by atoms with Crippen LogP contribution in [-0.4, -0.2) is 47.6 Å². The molecule has 156 valence electrons. The summed E-state index contributed by atoms with van der Waals surface area (Å²) < 4.78 is 12.6. The Balaban J connectivity index is 0.00000392. The highest BCUT2D eigenvalue weighted by atomic mass is 127. The van der Waals surface area contributed by atoms with Crippen LogP contribution in [0.5, 0.6) is 5.75 Å². The molecule has 2 N–H and O–H groups in total. The Kier molecular flexibility index (Phi) is 12.2. The van der Waals surface area contributed by atoms with E-state index in [4.69, 9.17) is 9.47 Å². The van der Waals surface area contributed by atoms with Crippen LogP contribution < -0.4 is 15.4 Å². The third-order valence-corrected chi connectivity index (χ3v) is 3.99. The van der Waals surface area contributed by atoms with Crippen LogP contribution in [0.15, 0.2) is 35.6 Å². The van der Waals surface area contributed by atoms with Gasteiger partial charge in [-0.25, -0.2) is 4.99 Å². The summed E-state index contributed by atoms with van der Waals surface area (Å²) in [5.41, 5.74) is 1.11. The second kappa shape index (κ2) is 14.2. The van der Waals surface area contributed by atoms with Gasteiger partial charge in [-0.2, -0.15) is 0 Å². The molecule has 0 amide bonds. The maximum atomic E-state index is 5.38. The lowest BCUT2D eigenvalue weighted by molar-refractivity contribution is 0.145. The third kappa shape index (κ3) is 8.42. The molecule has 0 fully saturated rings. The van der Waals surface area contributed by atoms with Gasteiger partial charge in [0.25, 0.3) is 0 Å². The predicted octanol–water partition coefficient (Wildman–Crippen LogP) is 2.59. The Bertz CT molecular complexity index is 690. The number of hydrogen-bond donors (Lipinski definition) is 2. The predicted molar refractivity (Wildman–Crippen MR) is 121 cm³/mol. The van der Waals surface area contributed by atoms with Gasteiger partial charge in [0, 0.05) is 26.3 Å². The molecule has 1 aromatic heterocycles. The van der Waals surface area contributed by atoms with E-state index in [9.17, 15) is 0 Å². The zero-order valence-corrected chi connectivity index (χ0v) is 19.2. The van der Waals surface area contributed by atoms with Crippen LogP contribution in [0.25, 0.3) is 0 Å². The minimum absolute atomic E-state index is 0. The number of halogens is 1. The molecule has 28 heavy (non-hydrogen) atoms. The van der Waals surface area contributed by atoms with E-state index < -0.39 is 0 Å². The summed E-state index contributed by atoms with van der Waals surface area (Å²) in [5.74, 6) is 2.47. The average molecular weight is 502 g/mol. The molecule has 0 aliphatic carbocycles. The van der Waals surface area contributed by atoms with E-state index in [1.807, 2.05) is 35.8 Å². The Hall–Kier alpha value is -1.88. The molecule has 0 bridgehead atoms. The first-order valence-electron chi connectivity index (χ1n) is 9.36. The van der Waals surface area contributed by atoms with Crippen molar-refractivity contribution >= 4 is 29.9 Å². The van der Waals surface area contributed by atoms with Crippen LogP contribution in [0.4, 0.5) is 0 Å². The summed E-state index contributed by atoms with van der Waals surface area (Å²) in [6.07, 6.45) is 2.66. The van der Waals surface area contributed by atoms with E-state index in [-0.39, 0.29) is 24.0 Å². The first-order valence-corrected chi connectivity index (χ1v) is 9.36. The summed E-state index contributed by atoms with van der Waals surface area (Å²) in [4.78, 5) is 4.68. The molecule has 0 saturated heterocycles. The lowest BCUT2D eigenvalue weighted by atomic mass is 10.2. The molecular weight excluding hydrogens is 471 g/mol. The maximum absolute atomic E-state index is 5.38. The van der Waals surface area contributed by atoms with Crippen molar-refractivity contribution in [1.82, 2.24) is 25.4 Å². The lowest BCUT2D eigenvalue weighted by Gasteiger charge is -2.13. The quantitative estimate of drug-likeness (QED) is 0.213. The van der Waals surface area contributed by atoms with Gasteiger partial charge in [-0.15, -0.1) is 34.2 Å². The molecule has 0 atom stereocenters. The Labute approximate surface area is 184 Å². The van der Waals surface area contributed by atoms with Crippen molar-refractivity contribution < 1.29 is 9.47 Å². The lowest BCUT2D eigenvalue weighted by Crippen LogP contribution is -2.38. The molecule has 0 radical (unpaired) electrons. The Morgan fingerprint density at radius 3 is 2.64 bits per heavy atom. The minimum Gasteiger partial charge on any atom is -0.497 e. The molecule has 0 aliphatic rings. The first kappa shape index (κ1) is 24.2. The number of aryl methyl sites for hydroxylation is 1. The van der Waals surface area contributed by atoms with E-state index in [1.54, 1.807) is 13.4 Å². The van der Waals surface area contributed by atoms with Crippen molar-refractivity contribution in [2.45, 2.75) is 39.9 Å². The highest BCUT2D eigenvalue weighted by molar-refractivity contribution is 14.0. The first-order chi connectivity index (χ1) is 13.3. The molecule has 0 unspecified atom stereocenters. The monoisotopic (exact) mass is 502 g/mol. The normalized spacial score (nSPS) is 11.0. The number of aliphatic imine (C=N–C) groups is 1. The van der Waals surface area contributed by atoms with Crippen molar-refractivity contribution in [2.24, 2.45) is 4.99 Å². The van der Waals surface area contributed by atoms with Crippen LogP contribution in [0.3, 0.4) is 0 Å². The van der Waals surface area contributed by atoms with Crippen LogP contribution in [0.1, 0.15) is 31.7 Å². The zero-order chi connectivity index (χ0) is 19.3. The molecular formula is C19H31IN6O2. The molecule has 2 rings (SSSR count). The number of methoxy groups -OCH3 is 1. The fraction of sp³-hybridized carbons (Fsp3) is 0.526. The van der Waals surface area contributed by atoms with Gasteiger partial charge >= 0.3 is 0 Å². The summed E-state index contributed by atoms with van der Waals surface area (Å²) in [6.45, 7) is 8.30. The SMILES string of the molecule is CCOCCCNC(=NCc1ccc(OC)cc1)NCc1nncn1CC.I. The number of benzene rings is 1. The molecule has 1 heterocycles. The second-order valence-corrected chi connectivity index (χ2v) is 5.88. The zero-order valence-electron chi connectivity index (χ0n) is 16.9. The van der Waals surface area contributed by atoms with E-state index in [0.29, 0.717) is 13.1 Å². The summed E-state index contributed by atoms with van der Waals surface area (Å²) in [7, 11) is 1.66. The van der Waals surface area contributed by atoms with Gasteiger partial charge in [0.15, 0.2) is 11.8 Å². The van der Waals surface area contributed by atoms with Crippen LogP contribution in [0, 0.1) is 0 Å². The van der Waals surface area contributed by atoms with Crippen LogP contribution in [0.2, 0.25) is 0 Å². The van der Waals surface area contributed by atoms with Crippen molar-refractivity contribution in [3.05, 3.63) is 42.0 Å². The maximum Gasteiger partial charge on any atom is 0.191 e. The number of guanidine groups is 1. The largest absolute Gasteiger partial charge is 0.497 e. The van der Waals surface area contributed by atoms with E-state index in [1.165, 1.54) is 0 Å². The molecule has 8 nitrogen and oxygen atoms in total. The van der Waals surface area contributed by atoms with E-state index >= 15 is 0 Å². The Morgan fingerprint density at radius 2 is 1.96 bits per heavy atom. The van der Waals surface area contributed by atoms with Gasteiger partial charge in [-0.3, -0.25) is 0 Å². The number of aromatic nitrogens is 3. The highest BCUT2D eigenvalue weighted by Gasteiger charge is 2.05. The van der Waals surface area contributed by atoms with Gasteiger partial charge in [0.1, 0.15) is 12.1 Å². The molecule has 0 spiro atoms. The molecule has 0 saturated carbocycles.